The van der Waals surface area contributed by atoms with Crippen molar-refractivity contribution in [2.24, 2.45) is 0 Å². The van der Waals surface area contributed by atoms with Gasteiger partial charge in [0.25, 0.3) is 0 Å². The van der Waals surface area contributed by atoms with Gasteiger partial charge in [-0.25, -0.2) is 4.98 Å². The number of piperazine rings is 1. The molecule has 1 aliphatic heterocycles. The Kier molecular flexibility index (Phi) is 5.99. The number of aromatic nitrogens is 3. The molecule has 0 spiro atoms. The molecule has 4 rings (SSSR count). The third-order valence-corrected chi connectivity index (χ3v) is 5.57. The zero-order chi connectivity index (χ0) is 21.1. The summed E-state index contributed by atoms with van der Waals surface area (Å²) in [4.78, 5) is 25.7. The molecule has 1 aliphatic rings. The zero-order valence-electron chi connectivity index (χ0n) is 17.1. The van der Waals surface area contributed by atoms with Crippen molar-refractivity contribution in [1.29, 1.82) is 0 Å². The van der Waals surface area contributed by atoms with Crippen LogP contribution in [0.2, 0.25) is 5.02 Å². The van der Waals surface area contributed by atoms with Gasteiger partial charge in [0, 0.05) is 48.9 Å². The van der Waals surface area contributed by atoms with E-state index >= 15 is 0 Å². The quantitative estimate of drug-likeness (QED) is 0.618. The summed E-state index contributed by atoms with van der Waals surface area (Å²) in [5.41, 5.74) is 1.69. The molecule has 1 aromatic carbocycles. The molecule has 0 bridgehead atoms. The highest BCUT2D eigenvalue weighted by molar-refractivity contribution is 6.31. The lowest BCUT2D eigenvalue weighted by molar-refractivity contribution is -0.130. The normalized spacial score (nSPS) is 14.4. The Morgan fingerprint density at radius 3 is 2.53 bits per heavy atom. The summed E-state index contributed by atoms with van der Waals surface area (Å²) in [6, 6.07) is 11.4. The number of nitrogens with zero attached hydrogens (tertiary/aromatic N) is 5. The number of carbonyl (C=O) groups is 1. The minimum Gasteiger partial charge on any atom is -0.353 e. The van der Waals surface area contributed by atoms with Gasteiger partial charge in [-0.2, -0.15) is 4.98 Å². The number of rotatable bonds is 5. The second-order valence-corrected chi connectivity index (χ2v) is 8.06. The van der Waals surface area contributed by atoms with Crippen LogP contribution in [0, 0.1) is 0 Å². The molecule has 1 fully saturated rings. The summed E-state index contributed by atoms with van der Waals surface area (Å²) < 4.78 is 5.27. The first-order chi connectivity index (χ1) is 14.5. The molecule has 3 heterocycles. The molecule has 0 radical (unpaired) electrons. The van der Waals surface area contributed by atoms with Gasteiger partial charge in [-0.3, -0.25) is 4.79 Å². The van der Waals surface area contributed by atoms with E-state index in [9.17, 15) is 4.79 Å². The molecule has 2 aromatic heterocycles. The Morgan fingerprint density at radius 1 is 1.13 bits per heavy atom. The number of anilines is 1. The van der Waals surface area contributed by atoms with E-state index in [0.717, 1.165) is 30.0 Å². The van der Waals surface area contributed by atoms with Gasteiger partial charge in [-0.05, 0) is 23.8 Å². The fourth-order valence-corrected chi connectivity index (χ4v) is 3.60. The Labute approximate surface area is 180 Å². The maximum atomic E-state index is 12.6. The van der Waals surface area contributed by atoms with E-state index in [4.69, 9.17) is 16.1 Å². The summed E-state index contributed by atoms with van der Waals surface area (Å²) in [6.45, 7) is 6.82. The van der Waals surface area contributed by atoms with Crippen LogP contribution in [0.1, 0.15) is 31.2 Å². The fourth-order valence-electron chi connectivity index (χ4n) is 3.39. The Bertz CT molecular complexity index is 1010. The average molecular weight is 426 g/mol. The summed E-state index contributed by atoms with van der Waals surface area (Å²) in [5.74, 6) is 2.34. The summed E-state index contributed by atoms with van der Waals surface area (Å²) >= 11 is 6.18. The van der Waals surface area contributed by atoms with Crippen LogP contribution in [0.3, 0.4) is 0 Å². The number of amides is 1. The average Bonchev–Trinajstić information content (AvgIpc) is 3.26. The highest BCUT2D eigenvalue weighted by atomic mass is 35.5. The van der Waals surface area contributed by atoms with Gasteiger partial charge in [0.05, 0.1) is 6.42 Å². The van der Waals surface area contributed by atoms with Crippen LogP contribution in [0.5, 0.6) is 0 Å². The Balaban J connectivity index is 1.34. The van der Waals surface area contributed by atoms with Crippen LogP contribution in [0.4, 0.5) is 5.82 Å². The molecule has 8 heteroatoms. The molecule has 0 N–H and O–H groups in total. The largest absolute Gasteiger partial charge is 0.353 e. The molecule has 1 saturated heterocycles. The van der Waals surface area contributed by atoms with Crippen LogP contribution >= 0.6 is 11.6 Å². The molecule has 3 aromatic rings. The molecule has 0 unspecified atom stereocenters. The van der Waals surface area contributed by atoms with E-state index in [0.29, 0.717) is 36.2 Å². The maximum absolute atomic E-state index is 12.6. The molecule has 30 heavy (non-hydrogen) atoms. The highest BCUT2D eigenvalue weighted by Gasteiger charge is 2.22. The zero-order valence-corrected chi connectivity index (χ0v) is 17.8. The third kappa shape index (κ3) is 4.46. The predicted molar refractivity (Wildman–Crippen MR) is 116 cm³/mol. The standard InChI is InChI=1S/C22H24ClN5O2/c1-15(2)22-25-21(26-30-22)17-7-8-19(24-14-17)27-9-11-28(12-10-27)20(29)13-16-5-3-4-6-18(16)23/h3-8,14-15H,9-13H2,1-2H3. The van der Waals surface area contributed by atoms with Crippen molar-refractivity contribution < 1.29 is 9.32 Å². The lowest BCUT2D eigenvalue weighted by Gasteiger charge is -2.35. The van der Waals surface area contributed by atoms with Crippen molar-refractivity contribution >= 4 is 23.3 Å². The van der Waals surface area contributed by atoms with Crippen LogP contribution in [-0.4, -0.2) is 52.1 Å². The van der Waals surface area contributed by atoms with Gasteiger partial charge >= 0.3 is 0 Å². The van der Waals surface area contributed by atoms with Gasteiger partial charge in [0.2, 0.25) is 17.6 Å². The molecular weight excluding hydrogens is 402 g/mol. The van der Waals surface area contributed by atoms with Crippen molar-refractivity contribution in [3.8, 4) is 11.4 Å². The number of hydrogen-bond acceptors (Lipinski definition) is 6. The highest BCUT2D eigenvalue weighted by Crippen LogP contribution is 2.22. The first-order valence-electron chi connectivity index (χ1n) is 10.1. The van der Waals surface area contributed by atoms with Crippen LogP contribution < -0.4 is 4.90 Å². The van der Waals surface area contributed by atoms with Crippen molar-refractivity contribution in [3.63, 3.8) is 0 Å². The van der Waals surface area contributed by atoms with E-state index in [1.807, 2.05) is 55.1 Å². The first-order valence-corrected chi connectivity index (χ1v) is 10.4. The minimum atomic E-state index is 0.101. The second-order valence-electron chi connectivity index (χ2n) is 7.65. The van der Waals surface area contributed by atoms with Gasteiger partial charge < -0.3 is 14.3 Å². The smallest absolute Gasteiger partial charge is 0.229 e. The van der Waals surface area contributed by atoms with Gasteiger partial charge in [-0.15, -0.1) is 0 Å². The number of pyridine rings is 1. The number of halogens is 1. The SMILES string of the molecule is CC(C)c1nc(-c2ccc(N3CCN(C(=O)Cc4ccccc4Cl)CC3)nc2)no1. The molecule has 0 aliphatic carbocycles. The lowest BCUT2D eigenvalue weighted by atomic mass is 10.1. The van der Waals surface area contributed by atoms with E-state index in [1.54, 1.807) is 6.20 Å². The second kappa shape index (κ2) is 8.83. The number of benzene rings is 1. The molecule has 156 valence electrons. The van der Waals surface area contributed by atoms with Crippen molar-refractivity contribution in [2.75, 3.05) is 31.1 Å². The van der Waals surface area contributed by atoms with Crippen LogP contribution in [0.15, 0.2) is 47.1 Å². The van der Waals surface area contributed by atoms with Gasteiger partial charge in [-0.1, -0.05) is 48.8 Å². The molecular formula is C22H24ClN5O2. The lowest BCUT2D eigenvalue weighted by Crippen LogP contribution is -2.49. The summed E-state index contributed by atoms with van der Waals surface area (Å²) in [6.07, 6.45) is 2.09. The van der Waals surface area contributed by atoms with Crippen LogP contribution in [0.25, 0.3) is 11.4 Å². The van der Waals surface area contributed by atoms with Crippen LogP contribution in [-0.2, 0) is 11.2 Å². The maximum Gasteiger partial charge on any atom is 0.229 e. The van der Waals surface area contributed by atoms with Gasteiger partial charge in [0.15, 0.2) is 0 Å². The first kappa shape index (κ1) is 20.3. The fraction of sp³-hybridized carbons (Fsp3) is 0.364. The monoisotopic (exact) mass is 425 g/mol. The van der Waals surface area contributed by atoms with E-state index < -0.39 is 0 Å². The van der Waals surface area contributed by atoms with Crippen molar-refractivity contribution in [1.82, 2.24) is 20.0 Å². The molecule has 0 atom stereocenters. The van der Waals surface area contributed by atoms with E-state index in [1.165, 1.54) is 0 Å². The Morgan fingerprint density at radius 2 is 1.90 bits per heavy atom. The summed E-state index contributed by atoms with van der Waals surface area (Å²) in [5, 5.41) is 4.66. The number of carbonyl (C=O) groups excluding carboxylic acids is 1. The third-order valence-electron chi connectivity index (χ3n) is 5.20. The number of hydrogen-bond donors (Lipinski definition) is 0. The Hall–Kier alpha value is -2.93. The predicted octanol–water partition coefficient (Wildman–Crippen LogP) is 3.80. The van der Waals surface area contributed by atoms with Crippen molar-refractivity contribution in [3.05, 3.63) is 59.1 Å². The minimum absolute atomic E-state index is 0.101. The van der Waals surface area contributed by atoms with E-state index in [-0.39, 0.29) is 11.8 Å². The molecule has 0 saturated carbocycles. The molecule has 7 nitrogen and oxygen atoms in total. The van der Waals surface area contributed by atoms with E-state index in [2.05, 4.69) is 20.0 Å². The van der Waals surface area contributed by atoms with Crippen molar-refractivity contribution in [2.45, 2.75) is 26.2 Å². The topological polar surface area (TPSA) is 75.4 Å². The molecule has 1 amide bonds. The summed E-state index contributed by atoms with van der Waals surface area (Å²) in [7, 11) is 0. The van der Waals surface area contributed by atoms with Gasteiger partial charge in [0.1, 0.15) is 5.82 Å².